The van der Waals surface area contributed by atoms with Crippen molar-refractivity contribution in [2.45, 2.75) is 12.5 Å². The molecule has 2 nitrogen and oxygen atoms in total. The summed E-state index contributed by atoms with van der Waals surface area (Å²) >= 11 is 5.42. The van der Waals surface area contributed by atoms with Gasteiger partial charge in [-0.3, -0.25) is 4.79 Å². The van der Waals surface area contributed by atoms with Gasteiger partial charge in [0.2, 0.25) is 0 Å². The molecular formula is C10H9ClO2. The molecule has 2 rings (SSSR count). The van der Waals surface area contributed by atoms with Crippen LogP contribution in [-0.4, -0.2) is 11.8 Å². The van der Waals surface area contributed by atoms with Crippen LogP contribution < -0.4 is 0 Å². The minimum Gasteiger partial charge on any atom is -0.364 e. The molecule has 0 fully saturated rings. The van der Waals surface area contributed by atoms with Gasteiger partial charge < -0.3 is 4.74 Å². The summed E-state index contributed by atoms with van der Waals surface area (Å²) in [6, 6.07) is 7.74. The number of fused-ring (bicyclic) bond motifs is 1. The number of hydrogen-bond donors (Lipinski definition) is 0. The average molecular weight is 197 g/mol. The highest BCUT2D eigenvalue weighted by Gasteiger charge is 2.25. The standard InChI is InChI=1S/C10H9ClO2/c11-10(12)9-8-4-2-1-3-7(8)5-6-13-9/h1-4,9H,5-6H2/t9-/m1/s1. The molecule has 13 heavy (non-hydrogen) atoms. The van der Waals surface area contributed by atoms with Gasteiger partial charge >= 0.3 is 0 Å². The molecular weight excluding hydrogens is 188 g/mol. The largest absolute Gasteiger partial charge is 0.364 e. The maximum absolute atomic E-state index is 11.0. The second kappa shape index (κ2) is 3.48. The van der Waals surface area contributed by atoms with E-state index in [0.717, 1.165) is 17.5 Å². The van der Waals surface area contributed by atoms with Crippen molar-refractivity contribution in [1.82, 2.24) is 0 Å². The molecule has 0 saturated heterocycles. The van der Waals surface area contributed by atoms with Crippen LogP contribution in [0.1, 0.15) is 17.2 Å². The van der Waals surface area contributed by atoms with Crippen molar-refractivity contribution in [1.29, 1.82) is 0 Å². The number of rotatable bonds is 1. The second-order valence-electron chi connectivity index (χ2n) is 3.00. The van der Waals surface area contributed by atoms with Gasteiger partial charge in [0.05, 0.1) is 6.61 Å². The number of halogens is 1. The van der Waals surface area contributed by atoms with Crippen LogP contribution in [0.3, 0.4) is 0 Å². The molecule has 0 spiro atoms. The Morgan fingerprint density at radius 1 is 1.46 bits per heavy atom. The minimum atomic E-state index is -0.563. The molecule has 0 N–H and O–H groups in total. The van der Waals surface area contributed by atoms with Crippen LogP contribution in [0.2, 0.25) is 0 Å². The summed E-state index contributed by atoms with van der Waals surface area (Å²) in [5.74, 6) is 0. The van der Waals surface area contributed by atoms with E-state index >= 15 is 0 Å². The highest BCUT2D eigenvalue weighted by Crippen LogP contribution is 2.28. The minimum absolute atomic E-state index is 0.438. The molecule has 0 bridgehead atoms. The molecule has 1 aromatic carbocycles. The smallest absolute Gasteiger partial charge is 0.255 e. The predicted octanol–water partition coefficient (Wildman–Crippen LogP) is 2.07. The van der Waals surface area contributed by atoms with Crippen molar-refractivity contribution in [2.24, 2.45) is 0 Å². The Hall–Kier alpha value is -0.860. The van der Waals surface area contributed by atoms with Gasteiger partial charge in [0.1, 0.15) is 0 Å². The molecule has 0 aliphatic carbocycles. The van der Waals surface area contributed by atoms with Crippen LogP contribution in [0.15, 0.2) is 24.3 Å². The first kappa shape index (κ1) is 8.73. The molecule has 1 atom stereocenters. The molecule has 1 aliphatic heterocycles. The summed E-state index contributed by atoms with van der Waals surface area (Å²) in [4.78, 5) is 11.0. The Morgan fingerprint density at radius 3 is 3.00 bits per heavy atom. The molecule has 1 aromatic rings. The lowest BCUT2D eigenvalue weighted by atomic mass is 9.98. The third-order valence-corrected chi connectivity index (χ3v) is 2.40. The maximum atomic E-state index is 11.0. The zero-order chi connectivity index (χ0) is 9.26. The summed E-state index contributed by atoms with van der Waals surface area (Å²) in [6.07, 6.45) is 0.295. The van der Waals surface area contributed by atoms with Crippen LogP contribution in [0.25, 0.3) is 0 Å². The van der Waals surface area contributed by atoms with Gasteiger partial charge in [-0.05, 0) is 29.1 Å². The summed E-state index contributed by atoms with van der Waals surface area (Å²) in [5.41, 5.74) is 2.07. The van der Waals surface area contributed by atoms with E-state index in [9.17, 15) is 4.79 Å². The normalized spacial score (nSPS) is 20.8. The van der Waals surface area contributed by atoms with Crippen LogP contribution in [0, 0.1) is 0 Å². The number of benzene rings is 1. The van der Waals surface area contributed by atoms with E-state index in [2.05, 4.69) is 0 Å². The fraction of sp³-hybridized carbons (Fsp3) is 0.300. The Labute approximate surface area is 81.5 Å². The maximum Gasteiger partial charge on any atom is 0.255 e. The summed E-state index contributed by atoms with van der Waals surface area (Å²) in [7, 11) is 0. The van der Waals surface area contributed by atoms with E-state index in [1.165, 1.54) is 0 Å². The third kappa shape index (κ3) is 1.60. The van der Waals surface area contributed by atoms with Crippen LogP contribution >= 0.6 is 11.6 Å². The summed E-state index contributed by atoms with van der Waals surface area (Å²) < 4.78 is 5.28. The van der Waals surface area contributed by atoms with E-state index in [-0.39, 0.29) is 0 Å². The molecule has 0 aromatic heterocycles. The molecule has 0 radical (unpaired) electrons. The third-order valence-electron chi connectivity index (χ3n) is 2.20. The molecule has 0 saturated carbocycles. The van der Waals surface area contributed by atoms with Gasteiger partial charge in [0, 0.05) is 0 Å². The zero-order valence-corrected chi connectivity index (χ0v) is 7.75. The summed E-state index contributed by atoms with van der Waals surface area (Å²) in [5, 5.41) is -0.438. The SMILES string of the molecule is O=C(Cl)[C@@H]1OCCc2ccccc21. The predicted molar refractivity (Wildman–Crippen MR) is 49.7 cm³/mol. The number of carbonyl (C=O) groups is 1. The van der Waals surface area contributed by atoms with Crippen molar-refractivity contribution in [3.63, 3.8) is 0 Å². The quantitative estimate of drug-likeness (QED) is 0.643. The van der Waals surface area contributed by atoms with Gasteiger partial charge in [-0.1, -0.05) is 24.3 Å². The molecule has 0 unspecified atom stereocenters. The number of hydrogen-bond acceptors (Lipinski definition) is 2. The lowest BCUT2D eigenvalue weighted by Gasteiger charge is -2.22. The van der Waals surface area contributed by atoms with Crippen molar-refractivity contribution < 1.29 is 9.53 Å². The van der Waals surface area contributed by atoms with Gasteiger partial charge in [0.25, 0.3) is 5.24 Å². The van der Waals surface area contributed by atoms with E-state index < -0.39 is 11.3 Å². The topological polar surface area (TPSA) is 26.3 Å². The highest BCUT2D eigenvalue weighted by molar-refractivity contribution is 6.64. The fourth-order valence-corrected chi connectivity index (χ4v) is 1.76. The second-order valence-corrected chi connectivity index (χ2v) is 3.38. The fourth-order valence-electron chi connectivity index (χ4n) is 1.58. The van der Waals surface area contributed by atoms with Gasteiger partial charge in [-0.25, -0.2) is 0 Å². The summed E-state index contributed by atoms with van der Waals surface area (Å²) in [6.45, 7) is 0.570. The molecule has 68 valence electrons. The molecule has 0 amide bonds. The first-order valence-electron chi connectivity index (χ1n) is 4.18. The average Bonchev–Trinajstić information content (AvgIpc) is 2.17. The number of ether oxygens (including phenoxy) is 1. The van der Waals surface area contributed by atoms with Gasteiger partial charge in [-0.2, -0.15) is 0 Å². The highest BCUT2D eigenvalue weighted by atomic mass is 35.5. The van der Waals surface area contributed by atoms with Crippen LogP contribution in [0.4, 0.5) is 0 Å². The van der Waals surface area contributed by atoms with Crippen LogP contribution in [0.5, 0.6) is 0 Å². The van der Waals surface area contributed by atoms with E-state index in [1.54, 1.807) is 0 Å². The Bertz CT molecular complexity index is 335. The Kier molecular flexibility index (Phi) is 2.34. The molecule has 3 heteroatoms. The number of carbonyl (C=O) groups excluding carboxylic acids is 1. The van der Waals surface area contributed by atoms with E-state index in [1.807, 2.05) is 24.3 Å². The molecule has 1 aliphatic rings. The van der Waals surface area contributed by atoms with Crippen molar-refractivity contribution in [3.8, 4) is 0 Å². The van der Waals surface area contributed by atoms with Crippen LogP contribution in [-0.2, 0) is 16.0 Å². The Balaban J connectivity index is 2.42. The molecule has 1 heterocycles. The van der Waals surface area contributed by atoms with Crippen molar-refractivity contribution in [2.75, 3.05) is 6.61 Å². The Morgan fingerprint density at radius 2 is 2.23 bits per heavy atom. The van der Waals surface area contributed by atoms with E-state index in [4.69, 9.17) is 16.3 Å². The monoisotopic (exact) mass is 196 g/mol. The van der Waals surface area contributed by atoms with Crippen molar-refractivity contribution >= 4 is 16.8 Å². The van der Waals surface area contributed by atoms with E-state index in [0.29, 0.717) is 6.61 Å². The van der Waals surface area contributed by atoms with Gasteiger partial charge in [0.15, 0.2) is 6.10 Å². The first-order valence-corrected chi connectivity index (χ1v) is 4.55. The lowest BCUT2D eigenvalue weighted by Crippen LogP contribution is -2.20. The lowest BCUT2D eigenvalue weighted by molar-refractivity contribution is -0.123. The van der Waals surface area contributed by atoms with Crippen molar-refractivity contribution in [3.05, 3.63) is 35.4 Å². The van der Waals surface area contributed by atoms with Gasteiger partial charge in [-0.15, -0.1) is 0 Å². The first-order chi connectivity index (χ1) is 6.29. The zero-order valence-electron chi connectivity index (χ0n) is 7.00.